The van der Waals surface area contributed by atoms with E-state index in [1.165, 1.54) is 0 Å². The summed E-state index contributed by atoms with van der Waals surface area (Å²) in [5, 5.41) is 4.92. The Labute approximate surface area is 92.1 Å². The molecule has 0 heterocycles. The Balaban J connectivity index is 3.24. The molecule has 16 heavy (non-hydrogen) atoms. The van der Waals surface area contributed by atoms with E-state index in [9.17, 15) is 17.6 Å². The van der Waals surface area contributed by atoms with E-state index in [4.69, 9.17) is 5.14 Å². The number of halogens is 1. The van der Waals surface area contributed by atoms with Gasteiger partial charge < -0.3 is 4.74 Å². The Morgan fingerprint density at radius 1 is 1.50 bits per heavy atom. The van der Waals surface area contributed by atoms with Crippen LogP contribution in [-0.4, -0.2) is 21.5 Å². The summed E-state index contributed by atoms with van der Waals surface area (Å²) in [5.74, 6) is -1.32. The van der Waals surface area contributed by atoms with E-state index in [1.807, 2.05) is 0 Å². The summed E-state index contributed by atoms with van der Waals surface area (Å²) >= 11 is 0. The Morgan fingerprint density at radius 3 is 2.62 bits per heavy atom. The molecule has 88 valence electrons. The Kier molecular flexibility index (Phi) is 3.61. The van der Waals surface area contributed by atoms with E-state index in [-0.39, 0.29) is 16.9 Å². The van der Waals surface area contributed by atoms with Gasteiger partial charge in [0.2, 0.25) is 10.0 Å². The number of ether oxygens (including phenoxy) is 1. The number of sulfonamides is 1. The van der Waals surface area contributed by atoms with Crippen LogP contribution < -0.4 is 5.14 Å². The van der Waals surface area contributed by atoms with Gasteiger partial charge in [-0.2, -0.15) is 0 Å². The summed E-state index contributed by atoms with van der Waals surface area (Å²) < 4.78 is 39.5. The summed E-state index contributed by atoms with van der Waals surface area (Å²) in [6.07, 6.45) is -0.347. The van der Waals surface area contributed by atoms with Gasteiger partial charge in [-0.25, -0.2) is 17.9 Å². The van der Waals surface area contributed by atoms with Crippen LogP contribution in [0.5, 0.6) is 0 Å². The summed E-state index contributed by atoms with van der Waals surface area (Å²) in [5.41, 5.74) is -0.0191. The van der Waals surface area contributed by atoms with Crippen LogP contribution in [0.4, 0.5) is 4.39 Å². The van der Waals surface area contributed by atoms with Crippen molar-refractivity contribution < 1.29 is 22.3 Å². The standard InChI is InChI=1S/C9H10FNO4S/c1-15-9(12)5-6-4-7(10)2-3-8(6)16(11,13)14/h2-4H,5H2,1H3,(H2,11,13,14). The van der Waals surface area contributed by atoms with Crippen molar-refractivity contribution in [1.29, 1.82) is 0 Å². The van der Waals surface area contributed by atoms with E-state index < -0.39 is 21.8 Å². The van der Waals surface area contributed by atoms with Gasteiger partial charge in [-0.3, -0.25) is 4.79 Å². The molecule has 1 aromatic rings. The van der Waals surface area contributed by atoms with Gasteiger partial charge in [0.15, 0.2) is 0 Å². The number of esters is 1. The van der Waals surface area contributed by atoms with Crippen molar-refractivity contribution in [3.05, 3.63) is 29.6 Å². The molecule has 0 radical (unpaired) electrons. The SMILES string of the molecule is COC(=O)Cc1cc(F)ccc1S(N)(=O)=O. The predicted octanol–water partition coefficient (Wildman–Crippen LogP) is 0.189. The van der Waals surface area contributed by atoms with E-state index >= 15 is 0 Å². The third kappa shape index (κ3) is 3.01. The first-order valence-electron chi connectivity index (χ1n) is 4.22. The lowest BCUT2D eigenvalue weighted by Gasteiger charge is -2.06. The molecule has 0 fully saturated rings. The Morgan fingerprint density at radius 2 is 2.12 bits per heavy atom. The zero-order valence-corrected chi connectivity index (χ0v) is 9.25. The third-order valence-corrected chi connectivity index (χ3v) is 2.90. The second kappa shape index (κ2) is 4.58. The normalized spacial score (nSPS) is 11.2. The molecule has 1 rings (SSSR count). The summed E-state index contributed by atoms with van der Waals surface area (Å²) in [4.78, 5) is 10.7. The van der Waals surface area contributed by atoms with E-state index in [0.29, 0.717) is 0 Å². The minimum atomic E-state index is -3.98. The molecule has 7 heteroatoms. The van der Waals surface area contributed by atoms with Crippen LogP contribution in [0.15, 0.2) is 23.1 Å². The fourth-order valence-electron chi connectivity index (χ4n) is 1.19. The zero-order valence-electron chi connectivity index (χ0n) is 8.44. The molecule has 0 unspecified atom stereocenters. The number of primary sulfonamides is 1. The van der Waals surface area contributed by atoms with Crippen LogP contribution in [0.2, 0.25) is 0 Å². The van der Waals surface area contributed by atoms with Crippen LogP contribution in [0.1, 0.15) is 5.56 Å². The highest BCUT2D eigenvalue weighted by Crippen LogP contribution is 2.16. The van der Waals surface area contributed by atoms with E-state index in [1.54, 1.807) is 0 Å². The first-order valence-corrected chi connectivity index (χ1v) is 5.77. The molecule has 5 nitrogen and oxygen atoms in total. The maximum Gasteiger partial charge on any atom is 0.310 e. The smallest absolute Gasteiger partial charge is 0.310 e. The van der Waals surface area contributed by atoms with E-state index in [2.05, 4.69) is 4.74 Å². The second-order valence-corrected chi connectivity index (χ2v) is 4.58. The summed E-state index contributed by atoms with van der Waals surface area (Å²) in [7, 11) is -2.83. The molecule has 0 spiro atoms. The lowest BCUT2D eigenvalue weighted by atomic mass is 10.1. The predicted molar refractivity (Wildman–Crippen MR) is 53.5 cm³/mol. The number of rotatable bonds is 3. The van der Waals surface area contributed by atoms with Gasteiger partial charge in [0.1, 0.15) is 5.82 Å². The minimum absolute atomic E-state index is 0.0191. The maximum absolute atomic E-state index is 12.9. The molecular formula is C9H10FNO4S. The first-order chi connectivity index (χ1) is 7.34. The van der Waals surface area contributed by atoms with Gasteiger partial charge in [0, 0.05) is 0 Å². The number of carbonyl (C=O) groups is 1. The molecule has 0 aliphatic heterocycles. The van der Waals surface area contributed by atoms with E-state index in [0.717, 1.165) is 25.3 Å². The first kappa shape index (κ1) is 12.6. The molecule has 0 aliphatic carbocycles. The average molecular weight is 247 g/mol. The summed E-state index contributed by atoms with van der Waals surface area (Å²) in [6, 6.07) is 2.92. The van der Waals surface area contributed by atoms with Gasteiger partial charge >= 0.3 is 5.97 Å². The van der Waals surface area contributed by atoms with Gasteiger partial charge in [-0.1, -0.05) is 0 Å². The molecule has 0 aliphatic rings. The maximum atomic E-state index is 12.9. The Hall–Kier alpha value is -1.47. The average Bonchev–Trinajstić information content (AvgIpc) is 2.15. The molecule has 0 amide bonds. The zero-order chi connectivity index (χ0) is 12.3. The quantitative estimate of drug-likeness (QED) is 0.772. The third-order valence-electron chi connectivity index (χ3n) is 1.89. The van der Waals surface area contributed by atoms with Crippen LogP contribution in [0.3, 0.4) is 0 Å². The number of hydrogen-bond donors (Lipinski definition) is 1. The second-order valence-electron chi connectivity index (χ2n) is 3.05. The monoisotopic (exact) mass is 247 g/mol. The number of hydrogen-bond acceptors (Lipinski definition) is 4. The van der Waals surface area contributed by atoms with Crippen molar-refractivity contribution in [3.63, 3.8) is 0 Å². The summed E-state index contributed by atoms with van der Waals surface area (Å²) in [6.45, 7) is 0. The molecule has 0 atom stereocenters. The number of carbonyl (C=O) groups excluding carboxylic acids is 1. The highest BCUT2D eigenvalue weighted by atomic mass is 32.2. The topological polar surface area (TPSA) is 86.5 Å². The number of benzene rings is 1. The van der Waals surface area contributed by atoms with Crippen molar-refractivity contribution in [3.8, 4) is 0 Å². The fraction of sp³-hybridized carbons (Fsp3) is 0.222. The number of nitrogens with two attached hydrogens (primary N) is 1. The molecular weight excluding hydrogens is 237 g/mol. The lowest BCUT2D eigenvalue weighted by Crippen LogP contribution is -2.16. The van der Waals surface area contributed by atoms with Crippen molar-refractivity contribution >= 4 is 16.0 Å². The molecule has 0 saturated heterocycles. The fourth-order valence-corrected chi connectivity index (χ4v) is 1.95. The minimum Gasteiger partial charge on any atom is -0.469 e. The molecule has 0 saturated carbocycles. The molecule has 0 bridgehead atoms. The van der Waals surface area contributed by atoms with Crippen molar-refractivity contribution in [2.45, 2.75) is 11.3 Å². The molecule has 1 aromatic carbocycles. The van der Waals surface area contributed by atoms with Crippen molar-refractivity contribution in [1.82, 2.24) is 0 Å². The highest BCUT2D eigenvalue weighted by Gasteiger charge is 2.17. The molecule has 0 aromatic heterocycles. The van der Waals surface area contributed by atoms with Gasteiger partial charge in [0.25, 0.3) is 0 Å². The number of methoxy groups -OCH3 is 1. The van der Waals surface area contributed by atoms with Gasteiger partial charge in [-0.15, -0.1) is 0 Å². The van der Waals surface area contributed by atoms with Crippen LogP contribution in [-0.2, 0) is 26.0 Å². The molecule has 2 N–H and O–H groups in total. The van der Waals surface area contributed by atoms with Crippen LogP contribution in [0.25, 0.3) is 0 Å². The van der Waals surface area contributed by atoms with Crippen molar-refractivity contribution in [2.75, 3.05) is 7.11 Å². The van der Waals surface area contributed by atoms with Crippen LogP contribution in [0, 0.1) is 5.82 Å². The van der Waals surface area contributed by atoms with Crippen LogP contribution >= 0.6 is 0 Å². The van der Waals surface area contributed by atoms with Gasteiger partial charge in [0.05, 0.1) is 18.4 Å². The van der Waals surface area contributed by atoms with Crippen molar-refractivity contribution in [2.24, 2.45) is 5.14 Å². The lowest BCUT2D eigenvalue weighted by molar-refractivity contribution is -0.139. The Bertz CT molecular complexity index is 512. The van der Waals surface area contributed by atoms with Gasteiger partial charge in [-0.05, 0) is 23.8 Å². The highest BCUT2D eigenvalue weighted by molar-refractivity contribution is 7.89. The largest absolute Gasteiger partial charge is 0.469 e.